The number of benzene rings is 1. The van der Waals surface area contributed by atoms with Crippen LogP contribution < -0.4 is 10.6 Å². The zero-order valence-electron chi connectivity index (χ0n) is 11.4. The number of methoxy groups -OCH3 is 1. The molecule has 0 aliphatic carbocycles. The molecule has 0 spiro atoms. The van der Waals surface area contributed by atoms with Gasteiger partial charge in [-0.25, -0.2) is 0 Å². The predicted molar refractivity (Wildman–Crippen MR) is 80.1 cm³/mol. The van der Waals surface area contributed by atoms with E-state index in [1.54, 1.807) is 7.11 Å². The van der Waals surface area contributed by atoms with E-state index < -0.39 is 0 Å². The molecular formula is C14H21BrN2O2. The molecule has 4 nitrogen and oxygen atoms in total. The first-order valence-corrected chi connectivity index (χ1v) is 7.17. The summed E-state index contributed by atoms with van der Waals surface area (Å²) in [5.41, 5.74) is 1.15. The number of amides is 1. The largest absolute Gasteiger partial charge is 0.385 e. The van der Waals surface area contributed by atoms with Gasteiger partial charge in [0.15, 0.2) is 0 Å². The third-order valence-corrected chi connectivity index (χ3v) is 3.26. The minimum atomic E-state index is 0.0120. The Bertz CT molecular complexity index is 399. The van der Waals surface area contributed by atoms with Crippen molar-refractivity contribution in [2.45, 2.75) is 19.4 Å². The van der Waals surface area contributed by atoms with Crippen LogP contribution in [-0.4, -0.2) is 32.7 Å². The lowest BCUT2D eigenvalue weighted by molar-refractivity contribution is -0.120. The maximum Gasteiger partial charge on any atom is 0.233 e. The number of nitrogens with one attached hydrogen (secondary N) is 2. The molecule has 0 unspecified atom stereocenters. The van der Waals surface area contributed by atoms with E-state index in [9.17, 15) is 4.79 Å². The smallest absolute Gasteiger partial charge is 0.233 e. The van der Waals surface area contributed by atoms with Crippen LogP contribution in [-0.2, 0) is 9.53 Å². The summed E-state index contributed by atoms with van der Waals surface area (Å²) in [5, 5.41) is 6.05. The zero-order chi connectivity index (χ0) is 14.1. The molecule has 0 aliphatic rings. The van der Waals surface area contributed by atoms with Crippen molar-refractivity contribution in [3.63, 3.8) is 0 Å². The van der Waals surface area contributed by atoms with Crippen LogP contribution in [0.1, 0.15) is 24.9 Å². The Kier molecular flexibility index (Phi) is 7.70. The summed E-state index contributed by atoms with van der Waals surface area (Å²) >= 11 is 3.44. The van der Waals surface area contributed by atoms with Crippen molar-refractivity contribution in [3.8, 4) is 0 Å². The molecule has 0 heterocycles. The molecule has 1 rings (SSSR count). The Morgan fingerprint density at radius 1 is 1.47 bits per heavy atom. The molecule has 0 bridgehead atoms. The number of carbonyl (C=O) groups is 1. The van der Waals surface area contributed by atoms with Gasteiger partial charge in [0.1, 0.15) is 0 Å². The summed E-state index contributed by atoms with van der Waals surface area (Å²) in [6, 6.07) is 8.20. The fraction of sp³-hybridized carbons (Fsp3) is 0.500. The topological polar surface area (TPSA) is 50.4 Å². The second-order valence-electron chi connectivity index (χ2n) is 4.35. The normalized spacial score (nSPS) is 12.2. The van der Waals surface area contributed by atoms with Crippen LogP contribution in [0.4, 0.5) is 0 Å². The molecular weight excluding hydrogens is 308 g/mol. The highest BCUT2D eigenvalue weighted by atomic mass is 79.9. The van der Waals surface area contributed by atoms with Crippen molar-refractivity contribution in [1.29, 1.82) is 0 Å². The average Bonchev–Trinajstić information content (AvgIpc) is 2.41. The monoisotopic (exact) mass is 328 g/mol. The van der Waals surface area contributed by atoms with Crippen LogP contribution in [0.5, 0.6) is 0 Å². The number of halogens is 1. The van der Waals surface area contributed by atoms with Gasteiger partial charge >= 0.3 is 0 Å². The maximum atomic E-state index is 11.6. The van der Waals surface area contributed by atoms with Crippen molar-refractivity contribution in [2.24, 2.45) is 0 Å². The summed E-state index contributed by atoms with van der Waals surface area (Å²) in [4.78, 5) is 11.6. The van der Waals surface area contributed by atoms with E-state index >= 15 is 0 Å². The molecule has 5 heteroatoms. The van der Waals surface area contributed by atoms with Gasteiger partial charge in [-0.3, -0.25) is 4.79 Å². The van der Waals surface area contributed by atoms with Gasteiger partial charge in [-0.05, 0) is 31.0 Å². The van der Waals surface area contributed by atoms with E-state index in [0.717, 1.165) is 16.5 Å². The van der Waals surface area contributed by atoms with Crippen LogP contribution in [0.15, 0.2) is 28.7 Å². The van der Waals surface area contributed by atoms with Gasteiger partial charge in [0.25, 0.3) is 0 Å². The van der Waals surface area contributed by atoms with Gasteiger partial charge in [0.2, 0.25) is 5.91 Å². The van der Waals surface area contributed by atoms with Crippen LogP contribution in [0.2, 0.25) is 0 Å². The predicted octanol–water partition coefficient (Wildman–Crippen LogP) is 2.25. The Morgan fingerprint density at radius 3 is 2.95 bits per heavy atom. The highest BCUT2D eigenvalue weighted by Crippen LogP contribution is 2.17. The fourth-order valence-corrected chi connectivity index (χ4v) is 2.06. The van der Waals surface area contributed by atoms with Crippen LogP contribution in [0.25, 0.3) is 0 Å². The standard InChI is InChI=1S/C14H21BrN2O2/c1-11(12-5-3-6-13(15)9-12)17-10-14(18)16-7-4-8-19-2/h3,5-6,9,11,17H,4,7-8,10H2,1-2H3,(H,16,18)/t11-/m0/s1. The lowest BCUT2D eigenvalue weighted by Gasteiger charge is -2.14. The number of hydrogen-bond acceptors (Lipinski definition) is 3. The molecule has 19 heavy (non-hydrogen) atoms. The number of rotatable bonds is 8. The van der Waals surface area contributed by atoms with Crippen LogP contribution in [0, 0.1) is 0 Å². The van der Waals surface area contributed by atoms with E-state index in [0.29, 0.717) is 19.7 Å². The molecule has 0 fully saturated rings. The average molecular weight is 329 g/mol. The second kappa shape index (κ2) is 9.07. The van der Waals surface area contributed by atoms with Crippen molar-refractivity contribution in [1.82, 2.24) is 10.6 Å². The highest BCUT2D eigenvalue weighted by Gasteiger charge is 2.07. The lowest BCUT2D eigenvalue weighted by atomic mass is 10.1. The fourth-order valence-electron chi connectivity index (χ4n) is 1.65. The minimum Gasteiger partial charge on any atom is -0.385 e. The van der Waals surface area contributed by atoms with Crippen molar-refractivity contribution in [3.05, 3.63) is 34.3 Å². The summed E-state index contributed by atoms with van der Waals surface area (Å²) in [7, 11) is 1.66. The first-order chi connectivity index (χ1) is 9.13. The maximum absolute atomic E-state index is 11.6. The Morgan fingerprint density at radius 2 is 2.26 bits per heavy atom. The molecule has 106 valence electrons. The van der Waals surface area contributed by atoms with Crippen molar-refractivity contribution in [2.75, 3.05) is 26.8 Å². The SMILES string of the molecule is COCCCNC(=O)CN[C@@H](C)c1cccc(Br)c1. The number of ether oxygens (including phenoxy) is 1. The molecule has 0 saturated carbocycles. The summed E-state index contributed by atoms with van der Waals surface area (Å²) in [6.07, 6.45) is 0.837. The summed E-state index contributed by atoms with van der Waals surface area (Å²) < 4.78 is 5.96. The lowest BCUT2D eigenvalue weighted by Crippen LogP contribution is -2.35. The van der Waals surface area contributed by atoms with Gasteiger partial charge in [-0.2, -0.15) is 0 Å². The molecule has 0 aromatic heterocycles. The molecule has 1 aromatic carbocycles. The number of carbonyl (C=O) groups excluding carboxylic acids is 1. The number of hydrogen-bond donors (Lipinski definition) is 2. The zero-order valence-corrected chi connectivity index (χ0v) is 13.0. The highest BCUT2D eigenvalue weighted by molar-refractivity contribution is 9.10. The molecule has 1 atom stereocenters. The van der Waals surface area contributed by atoms with E-state index in [2.05, 4.69) is 26.6 Å². The molecule has 0 saturated heterocycles. The van der Waals surface area contributed by atoms with Gasteiger partial charge in [0.05, 0.1) is 6.54 Å². The second-order valence-corrected chi connectivity index (χ2v) is 5.27. The van der Waals surface area contributed by atoms with E-state index in [1.165, 1.54) is 0 Å². The first-order valence-electron chi connectivity index (χ1n) is 6.38. The van der Waals surface area contributed by atoms with Gasteiger partial charge in [-0.1, -0.05) is 28.1 Å². The van der Waals surface area contributed by atoms with Crippen molar-refractivity contribution >= 4 is 21.8 Å². The third kappa shape index (κ3) is 6.71. The summed E-state index contributed by atoms with van der Waals surface area (Å²) in [6.45, 7) is 3.68. The Hall–Kier alpha value is -0.910. The van der Waals surface area contributed by atoms with Crippen LogP contribution >= 0.6 is 15.9 Å². The molecule has 1 aromatic rings. The molecule has 0 aliphatic heterocycles. The molecule has 0 radical (unpaired) electrons. The van der Waals surface area contributed by atoms with Crippen LogP contribution in [0.3, 0.4) is 0 Å². The first kappa shape index (κ1) is 16.1. The Labute approximate surface area is 123 Å². The quantitative estimate of drug-likeness (QED) is 0.719. The Balaban J connectivity index is 2.26. The summed E-state index contributed by atoms with van der Waals surface area (Å²) in [5.74, 6) is 0.0120. The van der Waals surface area contributed by atoms with E-state index in [-0.39, 0.29) is 11.9 Å². The molecule has 1 amide bonds. The third-order valence-electron chi connectivity index (χ3n) is 2.76. The van der Waals surface area contributed by atoms with E-state index in [4.69, 9.17) is 4.74 Å². The minimum absolute atomic E-state index is 0.0120. The van der Waals surface area contributed by atoms with E-state index in [1.807, 2.05) is 31.2 Å². The molecule has 2 N–H and O–H groups in total. The van der Waals surface area contributed by atoms with Crippen molar-refractivity contribution < 1.29 is 9.53 Å². The van der Waals surface area contributed by atoms with Gasteiger partial charge in [-0.15, -0.1) is 0 Å². The van der Waals surface area contributed by atoms with Gasteiger partial charge < -0.3 is 15.4 Å². The van der Waals surface area contributed by atoms with Gasteiger partial charge in [0, 0.05) is 30.8 Å².